The Morgan fingerprint density at radius 3 is 2.90 bits per heavy atom. The van der Waals surface area contributed by atoms with Crippen molar-refractivity contribution in [2.45, 2.75) is 10.9 Å². The lowest BCUT2D eigenvalue weighted by Crippen LogP contribution is -2.19. The molecule has 29 heavy (non-hydrogen) atoms. The van der Waals surface area contributed by atoms with Crippen LogP contribution in [0.25, 0.3) is 28.1 Å². The number of aromatic nitrogens is 7. The average Bonchev–Trinajstić information content (AvgIpc) is 3.48. The lowest BCUT2D eigenvalue weighted by Gasteiger charge is -2.04. The van der Waals surface area contributed by atoms with Crippen LogP contribution in [0.2, 0.25) is 0 Å². The van der Waals surface area contributed by atoms with E-state index in [1.807, 2.05) is 58.3 Å². The maximum absolute atomic E-state index is 12.4. The van der Waals surface area contributed by atoms with Gasteiger partial charge in [0.15, 0.2) is 0 Å². The molecule has 0 aliphatic heterocycles. The highest BCUT2D eigenvalue weighted by Gasteiger charge is 2.16. The van der Waals surface area contributed by atoms with E-state index in [-0.39, 0.29) is 5.56 Å². The molecule has 1 N–H and O–H groups in total. The molecule has 0 spiro atoms. The van der Waals surface area contributed by atoms with Crippen LogP contribution in [0.4, 0.5) is 0 Å². The fraction of sp³-hybridized carbons (Fsp3) is 0.105. The van der Waals surface area contributed by atoms with Gasteiger partial charge >= 0.3 is 0 Å². The molecule has 5 rings (SSSR count). The Labute approximate surface area is 172 Å². The third-order valence-corrected chi connectivity index (χ3v) is 6.18. The summed E-state index contributed by atoms with van der Waals surface area (Å²) in [6.07, 6.45) is 3.87. The summed E-state index contributed by atoms with van der Waals surface area (Å²) in [7, 11) is 1.71. The summed E-state index contributed by atoms with van der Waals surface area (Å²) < 4.78 is 4.14. The van der Waals surface area contributed by atoms with Gasteiger partial charge in [0.2, 0.25) is 10.9 Å². The van der Waals surface area contributed by atoms with Gasteiger partial charge in [0.05, 0.1) is 11.3 Å². The van der Waals surface area contributed by atoms with Crippen molar-refractivity contribution in [1.82, 2.24) is 34.3 Å². The first-order chi connectivity index (χ1) is 14.2. The van der Waals surface area contributed by atoms with E-state index in [4.69, 9.17) is 0 Å². The molecule has 4 aromatic heterocycles. The zero-order chi connectivity index (χ0) is 19.8. The lowest BCUT2D eigenvalue weighted by atomic mass is 10.2. The molecule has 0 bridgehead atoms. The average molecular weight is 422 g/mol. The second kappa shape index (κ2) is 7.30. The highest BCUT2D eigenvalue weighted by atomic mass is 32.2. The maximum Gasteiger partial charge on any atom is 0.272 e. The number of hydrogen-bond donors (Lipinski definition) is 1. The molecule has 1 aromatic carbocycles. The molecule has 10 heteroatoms. The topological polar surface area (TPSA) is 93.8 Å². The van der Waals surface area contributed by atoms with E-state index in [1.165, 1.54) is 27.7 Å². The molecule has 5 aromatic rings. The van der Waals surface area contributed by atoms with Crippen molar-refractivity contribution in [1.29, 1.82) is 0 Å². The third kappa shape index (κ3) is 3.26. The van der Waals surface area contributed by atoms with E-state index in [0.29, 0.717) is 27.2 Å². The predicted octanol–water partition coefficient (Wildman–Crippen LogP) is 3.22. The van der Waals surface area contributed by atoms with Crippen LogP contribution in [0.3, 0.4) is 0 Å². The fourth-order valence-corrected chi connectivity index (χ4v) is 4.58. The number of thioether (sulfide) groups is 1. The molecule has 4 heterocycles. The van der Waals surface area contributed by atoms with Gasteiger partial charge in [-0.15, -0.1) is 26.6 Å². The minimum atomic E-state index is -0.0575. The van der Waals surface area contributed by atoms with E-state index >= 15 is 0 Å². The molecule has 0 radical (unpaired) electrons. The van der Waals surface area contributed by atoms with Gasteiger partial charge in [0.25, 0.3) is 5.56 Å². The fourth-order valence-electron chi connectivity index (χ4n) is 3.01. The van der Waals surface area contributed by atoms with Gasteiger partial charge in [-0.3, -0.25) is 18.9 Å². The first-order valence-corrected chi connectivity index (χ1v) is 10.7. The number of aromatic amines is 1. The van der Waals surface area contributed by atoms with Crippen molar-refractivity contribution in [3.8, 4) is 0 Å². The van der Waals surface area contributed by atoms with Crippen LogP contribution in [0.1, 0.15) is 17.2 Å². The molecule has 0 aliphatic rings. The quantitative estimate of drug-likeness (QED) is 0.438. The summed E-state index contributed by atoms with van der Waals surface area (Å²) in [5.74, 6) is 2.49. The van der Waals surface area contributed by atoms with Crippen LogP contribution >= 0.6 is 23.1 Å². The standard InChI is InChI=1S/C19H15N7OS2/c1-25-17(27)16-13(9-10-28-16)26-15(22-24-19(25)26)11-29-18-20-14(21-23-18)8-7-12-5-3-2-4-6-12/h2-10H,11H2,1H3,(H,20,21,23)/b8-7+. The van der Waals surface area contributed by atoms with E-state index in [1.54, 1.807) is 7.05 Å². The van der Waals surface area contributed by atoms with Gasteiger partial charge in [-0.2, -0.15) is 0 Å². The van der Waals surface area contributed by atoms with E-state index in [9.17, 15) is 4.79 Å². The number of fused-ring (bicyclic) bond motifs is 3. The second-order valence-corrected chi connectivity index (χ2v) is 8.15. The van der Waals surface area contributed by atoms with Gasteiger partial charge in [-0.05, 0) is 23.1 Å². The highest BCUT2D eigenvalue weighted by Crippen LogP contribution is 2.23. The van der Waals surface area contributed by atoms with Gasteiger partial charge in [0.1, 0.15) is 16.3 Å². The van der Waals surface area contributed by atoms with Crippen LogP contribution in [0, 0.1) is 0 Å². The maximum atomic E-state index is 12.4. The Morgan fingerprint density at radius 2 is 2.03 bits per heavy atom. The zero-order valence-electron chi connectivity index (χ0n) is 15.3. The Morgan fingerprint density at radius 1 is 1.17 bits per heavy atom. The zero-order valence-corrected chi connectivity index (χ0v) is 16.9. The molecule has 0 unspecified atom stereocenters. The van der Waals surface area contributed by atoms with E-state index in [0.717, 1.165) is 16.9 Å². The van der Waals surface area contributed by atoms with Crippen molar-refractivity contribution >= 4 is 51.2 Å². The first-order valence-electron chi connectivity index (χ1n) is 8.79. The summed E-state index contributed by atoms with van der Waals surface area (Å²) in [6.45, 7) is 0. The van der Waals surface area contributed by atoms with Crippen LogP contribution in [-0.4, -0.2) is 34.3 Å². The number of aryl methyl sites for hydroxylation is 1. The molecule has 0 saturated carbocycles. The Bertz CT molecular complexity index is 1390. The van der Waals surface area contributed by atoms with Gasteiger partial charge < -0.3 is 0 Å². The van der Waals surface area contributed by atoms with E-state index < -0.39 is 0 Å². The van der Waals surface area contributed by atoms with Gasteiger partial charge in [0, 0.05) is 7.05 Å². The summed E-state index contributed by atoms with van der Waals surface area (Å²) in [5, 5.41) is 18.2. The summed E-state index contributed by atoms with van der Waals surface area (Å²) in [6, 6.07) is 11.9. The molecule has 0 atom stereocenters. The van der Waals surface area contributed by atoms with Crippen molar-refractivity contribution in [3.05, 3.63) is 69.3 Å². The number of nitrogens with zero attached hydrogens (tertiary/aromatic N) is 6. The largest absolute Gasteiger partial charge is 0.279 e. The highest BCUT2D eigenvalue weighted by molar-refractivity contribution is 7.98. The third-order valence-electron chi connectivity index (χ3n) is 4.44. The molecule has 0 fully saturated rings. The van der Waals surface area contributed by atoms with Gasteiger partial charge in [-0.25, -0.2) is 4.98 Å². The predicted molar refractivity (Wildman–Crippen MR) is 115 cm³/mol. The van der Waals surface area contributed by atoms with Crippen LogP contribution in [0.15, 0.2) is 51.7 Å². The Hall–Kier alpha value is -3.24. The summed E-state index contributed by atoms with van der Waals surface area (Å²) >= 11 is 2.88. The summed E-state index contributed by atoms with van der Waals surface area (Å²) in [5.41, 5.74) is 1.87. The van der Waals surface area contributed by atoms with Crippen LogP contribution in [-0.2, 0) is 12.8 Å². The number of nitrogens with one attached hydrogen (secondary N) is 1. The minimum Gasteiger partial charge on any atom is -0.279 e. The van der Waals surface area contributed by atoms with Crippen molar-refractivity contribution in [2.75, 3.05) is 0 Å². The molecule has 0 amide bonds. The minimum absolute atomic E-state index is 0.0575. The van der Waals surface area contributed by atoms with E-state index in [2.05, 4.69) is 25.4 Å². The SMILES string of the molecule is Cn1c(=O)c2sccc2n2c(CSc3n[nH]c(/C=C/c4ccccc4)n3)nnc12. The molecule has 144 valence electrons. The summed E-state index contributed by atoms with van der Waals surface area (Å²) in [4.78, 5) is 16.9. The molecule has 0 saturated heterocycles. The number of thiophene rings is 1. The number of rotatable bonds is 5. The molecular formula is C19H15N7OS2. The molecule has 8 nitrogen and oxygen atoms in total. The lowest BCUT2D eigenvalue weighted by molar-refractivity contribution is 0.860. The number of benzene rings is 1. The van der Waals surface area contributed by atoms with Gasteiger partial charge in [-0.1, -0.05) is 48.2 Å². The Balaban J connectivity index is 1.39. The van der Waals surface area contributed by atoms with Crippen LogP contribution < -0.4 is 5.56 Å². The normalized spacial score (nSPS) is 11.9. The number of hydrogen-bond acceptors (Lipinski definition) is 7. The number of H-pyrrole nitrogens is 1. The van der Waals surface area contributed by atoms with Crippen molar-refractivity contribution in [3.63, 3.8) is 0 Å². The second-order valence-electron chi connectivity index (χ2n) is 6.29. The smallest absolute Gasteiger partial charge is 0.272 e. The monoisotopic (exact) mass is 421 g/mol. The first kappa shape index (κ1) is 17.8. The van der Waals surface area contributed by atoms with Crippen molar-refractivity contribution in [2.24, 2.45) is 7.05 Å². The van der Waals surface area contributed by atoms with Crippen molar-refractivity contribution < 1.29 is 0 Å². The Kier molecular flexibility index (Phi) is 4.49. The van der Waals surface area contributed by atoms with Crippen LogP contribution in [0.5, 0.6) is 0 Å². The molecule has 0 aliphatic carbocycles. The molecular weight excluding hydrogens is 406 g/mol.